The van der Waals surface area contributed by atoms with Crippen LogP contribution in [0.5, 0.6) is 0 Å². The molecule has 0 aliphatic heterocycles. The molecule has 0 saturated heterocycles. The normalized spacial score (nSPS) is 4.12. The molecule has 0 spiro atoms. The molecular weight excluding hydrogens is 143 g/mol. The van der Waals surface area contributed by atoms with Crippen molar-refractivity contribution in [1.29, 1.82) is 0 Å². The maximum absolute atomic E-state index is 8.90. The average molecular weight is 152 g/mol. The minimum atomic E-state index is -1.69. The number of hydrogen-bond donors (Lipinski definition) is 2. The van der Waals surface area contributed by atoms with Gasteiger partial charge in [-0.05, 0) is 0 Å². The second-order valence-corrected chi connectivity index (χ2v) is 0.357. The van der Waals surface area contributed by atoms with Gasteiger partial charge in [-0.3, -0.25) is 4.89 Å². The molecular formula is CH9AlMgO5. The minimum Gasteiger partial charge on any atom is -1.00 e. The van der Waals surface area contributed by atoms with Crippen LogP contribution >= 0.6 is 0 Å². The molecule has 0 atom stereocenters. The van der Waals surface area contributed by atoms with E-state index >= 15 is 0 Å². The number of carbonyl (C=O) groups is 1. The molecule has 8 heavy (non-hydrogen) atoms. The molecule has 0 aliphatic carbocycles. The van der Waals surface area contributed by atoms with Gasteiger partial charge in [0, 0.05) is 0 Å². The smallest absolute Gasteiger partial charge is 1.00 e. The molecule has 0 saturated carbocycles. The van der Waals surface area contributed by atoms with Crippen molar-refractivity contribution < 1.29 is 28.4 Å². The van der Waals surface area contributed by atoms with Gasteiger partial charge in [-0.15, -0.1) is 0 Å². The van der Waals surface area contributed by atoms with Gasteiger partial charge in [0.25, 0.3) is 0 Å². The zero-order valence-electron chi connectivity index (χ0n) is 5.42. The van der Waals surface area contributed by atoms with Crippen molar-refractivity contribution in [2.24, 2.45) is 0 Å². The van der Waals surface area contributed by atoms with Gasteiger partial charge in [0.15, 0.2) is 17.4 Å². The third-order valence-electron chi connectivity index (χ3n) is 0.0781. The molecule has 0 heterocycles. The van der Waals surface area contributed by atoms with Crippen molar-refractivity contribution in [3.05, 3.63) is 0 Å². The van der Waals surface area contributed by atoms with Crippen LogP contribution in [0, 0.1) is 0 Å². The van der Waals surface area contributed by atoms with Crippen molar-refractivity contribution in [2.75, 3.05) is 0 Å². The SMILES string of the molecule is O.O=C(O)OO.[AlH3].[H-].[H-].[Mg+2]. The summed E-state index contributed by atoms with van der Waals surface area (Å²) in [4.78, 5) is 11.6. The standard InChI is InChI=1S/CH2O4.Al.Mg.H2O.5H/c2-1(3)5-4;;;;;;;;/h4H,(H,2,3);;;1H2;;;;;/q;;+2;;;;;2*-1. The second kappa shape index (κ2) is 15.6. The Labute approximate surface area is 75.1 Å². The van der Waals surface area contributed by atoms with Crippen molar-refractivity contribution in [3.8, 4) is 0 Å². The maximum atomic E-state index is 8.90. The molecule has 0 aliphatic rings. The molecule has 0 fully saturated rings. The van der Waals surface area contributed by atoms with Crippen LogP contribution in [0.15, 0.2) is 0 Å². The van der Waals surface area contributed by atoms with Crippen molar-refractivity contribution in [3.63, 3.8) is 0 Å². The summed E-state index contributed by atoms with van der Waals surface area (Å²) in [7, 11) is 0. The molecule has 5 nitrogen and oxygen atoms in total. The fourth-order valence-electron chi connectivity index (χ4n) is 0. The first-order valence-corrected chi connectivity index (χ1v) is 0.814. The zero-order chi connectivity index (χ0) is 4.28. The Morgan fingerprint density at radius 1 is 1.62 bits per heavy atom. The summed E-state index contributed by atoms with van der Waals surface area (Å²) in [5, 5.41) is 14.3. The predicted molar refractivity (Wildman–Crippen MR) is 33.3 cm³/mol. The largest absolute Gasteiger partial charge is 2.00 e. The molecule has 0 aromatic carbocycles. The van der Waals surface area contributed by atoms with Crippen LogP contribution in [0.3, 0.4) is 0 Å². The first-order valence-electron chi connectivity index (χ1n) is 0.814. The van der Waals surface area contributed by atoms with E-state index in [1.807, 2.05) is 0 Å². The van der Waals surface area contributed by atoms with Crippen LogP contribution in [-0.4, -0.2) is 62.4 Å². The summed E-state index contributed by atoms with van der Waals surface area (Å²) in [5.41, 5.74) is 0. The Morgan fingerprint density at radius 3 is 1.75 bits per heavy atom. The monoisotopic (exact) mass is 152 g/mol. The van der Waals surface area contributed by atoms with E-state index in [1.165, 1.54) is 0 Å². The first-order chi connectivity index (χ1) is 2.27. The second-order valence-electron chi connectivity index (χ2n) is 0.357. The topological polar surface area (TPSA) is 98.3 Å². The van der Waals surface area contributed by atoms with Gasteiger partial charge >= 0.3 is 29.2 Å². The Bertz CT molecular complexity index is 54.9. The zero-order valence-corrected chi connectivity index (χ0v) is 4.83. The van der Waals surface area contributed by atoms with E-state index in [4.69, 9.17) is 15.2 Å². The fourth-order valence-corrected chi connectivity index (χ4v) is 0. The molecule has 0 aromatic rings. The van der Waals surface area contributed by atoms with E-state index in [9.17, 15) is 0 Å². The number of rotatable bonds is 0. The fraction of sp³-hybridized carbons (Fsp3) is 0. The van der Waals surface area contributed by atoms with Gasteiger partial charge in [-0.25, -0.2) is 4.79 Å². The first kappa shape index (κ1) is 23.6. The average Bonchev–Trinajstić information content (AvgIpc) is 1.38. The third-order valence-corrected chi connectivity index (χ3v) is 0.0781. The molecule has 0 aromatic heterocycles. The molecule has 0 unspecified atom stereocenters. The van der Waals surface area contributed by atoms with Crippen molar-refractivity contribution >= 4 is 46.6 Å². The van der Waals surface area contributed by atoms with Crippen LogP contribution < -0.4 is 0 Å². The van der Waals surface area contributed by atoms with Crippen LogP contribution in [0.25, 0.3) is 0 Å². The Hall–Kier alpha value is 0.489. The van der Waals surface area contributed by atoms with Crippen molar-refractivity contribution in [2.45, 2.75) is 0 Å². The Kier molecular flexibility index (Phi) is 46.2. The van der Waals surface area contributed by atoms with Gasteiger partial charge in [0.05, 0.1) is 0 Å². The van der Waals surface area contributed by atoms with Gasteiger partial charge in [-0.1, -0.05) is 0 Å². The van der Waals surface area contributed by atoms with Crippen LogP contribution in [-0.2, 0) is 4.89 Å². The van der Waals surface area contributed by atoms with Gasteiger partial charge < -0.3 is 13.4 Å². The summed E-state index contributed by atoms with van der Waals surface area (Å²) in [6.45, 7) is 0. The van der Waals surface area contributed by atoms with Crippen LogP contribution in [0.2, 0.25) is 0 Å². The van der Waals surface area contributed by atoms with Crippen LogP contribution in [0.1, 0.15) is 2.85 Å². The number of hydrogen-bond acceptors (Lipinski definition) is 3. The number of carboxylic acid groups (broad SMARTS) is 1. The van der Waals surface area contributed by atoms with E-state index in [2.05, 4.69) is 4.89 Å². The molecule has 7 heteroatoms. The van der Waals surface area contributed by atoms with Crippen molar-refractivity contribution in [1.82, 2.24) is 0 Å². The molecule has 0 radical (unpaired) electrons. The van der Waals surface area contributed by atoms with E-state index < -0.39 is 6.16 Å². The van der Waals surface area contributed by atoms with E-state index in [1.54, 1.807) is 0 Å². The molecule has 0 bridgehead atoms. The predicted octanol–water partition coefficient (Wildman–Crippen LogP) is -2.01. The summed E-state index contributed by atoms with van der Waals surface area (Å²) < 4.78 is 0. The van der Waals surface area contributed by atoms with Crippen LogP contribution in [0.4, 0.5) is 4.79 Å². The minimum absolute atomic E-state index is 0. The Balaban J connectivity index is -0.00000000800. The Morgan fingerprint density at radius 2 is 1.75 bits per heavy atom. The quantitative estimate of drug-likeness (QED) is 0.238. The molecule has 0 rings (SSSR count). The van der Waals surface area contributed by atoms with Gasteiger partial charge in [0.2, 0.25) is 0 Å². The third kappa shape index (κ3) is 31.6. The van der Waals surface area contributed by atoms with E-state index in [0.29, 0.717) is 0 Å². The summed E-state index contributed by atoms with van der Waals surface area (Å²) in [6.07, 6.45) is -1.69. The van der Waals surface area contributed by atoms with E-state index in [-0.39, 0.29) is 48.7 Å². The van der Waals surface area contributed by atoms with Gasteiger partial charge in [0.1, 0.15) is 0 Å². The molecule has 48 valence electrons. The maximum Gasteiger partial charge on any atom is 2.00 e. The summed E-state index contributed by atoms with van der Waals surface area (Å²) >= 11 is 0. The summed E-state index contributed by atoms with van der Waals surface area (Å²) in [5.74, 6) is 0. The molecule has 0 amide bonds. The molecule has 4 N–H and O–H groups in total. The van der Waals surface area contributed by atoms with Gasteiger partial charge in [-0.2, -0.15) is 5.26 Å². The van der Waals surface area contributed by atoms with E-state index in [0.717, 1.165) is 0 Å². The summed E-state index contributed by atoms with van der Waals surface area (Å²) in [6, 6.07) is 0.